The van der Waals surface area contributed by atoms with Crippen LogP contribution in [0.5, 0.6) is 0 Å². The van der Waals surface area contributed by atoms with Gasteiger partial charge in [0.05, 0.1) is 21.9 Å². The van der Waals surface area contributed by atoms with Gasteiger partial charge in [0.25, 0.3) is 0 Å². The van der Waals surface area contributed by atoms with Crippen molar-refractivity contribution >= 4 is 31.6 Å². The van der Waals surface area contributed by atoms with Crippen molar-refractivity contribution in [1.29, 1.82) is 0 Å². The Morgan fingerprint density at radius 2 is 1.83 bits per heavy atom. The maximum absolute atomic E-state index is 12.1. The van der Waals surface area contributed by atoms with E-state index >= 15 is 0 Å². The van der Waals surface area contributed by atoms with Gasteiger partial charge in [0.1, 0.15) is 0 Å². The highest BCUT2D eigenvalue weighted by Crippen LogP contribution is 2.26. The molecule has 0 aliphatic carbocycles. The van der Waals surface area contributed by atoms with Crippen molar-refractivity contribution < 1.29 is 26.7 Å². The van der Waals surface area contributed by atoms with Gasteiger partial charge in [0.2, 0.25) is 26.0 Å². The quantitative estimate of drug-likeness (QED) is 0.748. The molecular weight excluding hydrogens is 344 g/mol. The average Bonchev–Trinajstić information content (AvgIpc) is 2.70. The highest BCUT2D eigenvalue weighted by atomic mass is 32.2. The normalized spacial score (nSPS) is 18.4. The van der Waals surface area contributed by atoms with Crippen LogP contribution in [0.4, 0.5) is 5.69 Å². The molecule has 128 valence electrons. The Morgan fingerprint density at radius 3 is 2.26 bits per heavy atom. The number of amides is 1. The van der Waals surface area contributed by atoms with Crippen LogP contribution in [0, 0.1) is 0 Å². The summed E-state index contributed by atoms with van der Waals surface area (Å²) in [7, 11) is -7.52. The minimum absolute atomic E-state index is 0.0878. The number of nitrogens with zero attached hydrogens (tertiary/aromatic N) is 1. The largest absolute Gasteiger partial charge is 0.389 e. The third kappa shape index (κ3) is 4.08. The summed E-state index contributed by atoms with van der Waals surface area (Å²) in [6.45, 7) is 2.75. The second kappa shape index (κ2) is 5.86. The Labute approximate surface area is 135 Å². The second-order valence-corrected chi connectivity index (χ2v) is 9.56. The predicted molar refractivity (Wildman–Crippen MR) is 83.8 cm³/mol. The molecule has 1 aliphatic heterocycles. The summed E-state index contributed by atoms with van der Waals surface area (Å²) >= 11 is 0. The van der Waals surface area contributed by atoms with E-state index < -0.39 is 31.6 Å². The van der Waals surface area contributed by atoms with Crippen LogP contribution in [-0.4, -0.2) is 45.7 Å². The Morgan fingerprint density at radius 1 is 1.26 bits per heavy atom. The Balaban J connectivity index is 2.25. The van der Waals surface area contributed by atoms with Crippen molar-refractivity contribution in [2.24, 2.45) is 0 Å². The van der Waals surface area contributed by atoms with E-state index in [0.29, 0.717) is 4.31 Å². The SMILES string of the molecule is CC(C)(O)CNS(=O)(=O)c1ccc(N2C(=O)CCS2(=O)=O)cc1. The Bertz CT molecular complexity index is 807. The average molecular weight is 362 g/mol. The van der Waals surface area contributed by atoms with Crippen LogP contribution in [0.2, 0.25) is 0 Å². The van der Waals surface area contributed by atoms with Crippen LogP contribution < -0.4 is 9.03 Å². The smallest absolute Gasteiger partial charge is 0.242 e. The number of hydrogen-bond donors (Lipinski definition) is 2. The molecule has 23 heavy (non-hydrogen) atoms. The van der Waals surface area contributed by atoms with E-state index in [0.717, 1.165) is 0 Å². The molecule has 2 rings (SSSR count). The molecule has 1 amide bonds. The molecule has 0 spiro atoms. The number of carbonyl (C=O) groups excluding carboxylic acids is 1. The van der Waals surface area contributed by atoms with E-state index in [4.69, 9.17) is 0 Å². The molecule has 1 fully saturated rings. The van der Waals surface area contributed by atoms with Crippen LogP contribution in [-0.2, 0) is 24.8 Å². The summed E-state index contributed by atoms with van der Waals surface area (Å²) in [6, 6.07) is 4.95. The van der Waals surface area contributed by atoms with Gasteiger partial charge in [-0.3, -0.25) is 4.79 Å². The number of nitrogens with one attached hydrogen (secondary N) is 1. The lowest BCUT2D eigenvalue weighted by Crippen LogP contribution is -2.38. The zero-order chi connectivity index (χ0) is 17.5. The number of sulfonamides is 2. The summed E-state index contributed by atoms with van der Waals surface area (Å²) < 4.78 is 50.7. The van der Waals surface area contributed by atoms with Gasteiger partial charge < -0.3 is 5.11 Å². The number of carbonyl (C=O) groups is 1. The molecule has 1 aromatic rings. The first-order chi connectivity index (χ1) is 10.4. The van der Waals surface area contributed by atoms with Crippen molar-refractivity contribution in [3.63, 3.8) is 0 Å². The molecule has 0 unspecified atom stereocenters. The third-order valence-electron chi connectivity index (χ3n) is 3.15. The number of aliphatic hydroxyl groups is 1. The lowest BCUT2D eigenvalue weighted by molar-refractivity contribution is -0.116. The van der Waals surface area contributed by atoms with Gasteiger partial charge in [-0.05, 0) is 38.1 Å². The van der Waals surface area contributed by atoms with Crippen molar-refractivity contribution in [2.45, 2.75) is 30.8 Å². The van der Waals surface area contributed by atoms with Crippen molar-refractivity contribution in [1.82, 2.24) is 4.72 Å². The second-order valence-electron chi connectivity index (χ2n) is 5.86. The van der Waals surface area contributed by atoms with Gasteiger partial charge in [-0.25, -0.2) is 25.9 Å². The Hall–Kier alpha value is -1.49. The summed E-state index contributed by atoms with van der Waals surface area (Å²) in [5.41, 5.74) is -1.10. The van der Waals surface area contributed by atoms with E-state index in [1.54, 1.807) is 0 Å². The fourth-order valence-electron chi connectivity index (χ4n) is 1.98. The number of anilines is 1. The molecule has 0 aromatic heterocycles. The first-order valence-electron chi connectivity index (χ1n) is 6.80. The van der Waals surface area contributed by atoms with Crippen molar-refractivity contribution in [2.75, 3.05) is 16.6 Å². The molecule has 1 heterocycles. The molecule has 1 aliphatic rings. The van der Waals surface area contributed by atoms with Gasteiger partial charge in [-0.1, -0.05) is 0 Å². The fourth-order valence-corrected chi connectivity index (χ4v) is 4.65. The van der Waals surface area contributed by atoms with Crippen LogP contribution in [0.1, 0.15) is 20.3 Å². The molecule has 1 saturated heterocycles. The summed E-state index contributed by atoms with van der Waals surface area (Å²) in [6.07, 6.45) is -0.0878. The van der Waals surface area contributed by atoms with E-state index in [2.05, 4.69) is 4.72 Å². The monoisotopic (exact) mass is 362 g/mol. The topological polar surface area (TPSA) is 121 Å². The summed E-state index contributed by atoms with van der Waals surface area (Å²) in [4.78, 5) is 11.6. The molecule has 0 atom stereocenters. The summed E-state index contributed by atoms with van der Waals surface area (Å²) in [5, 5.41) is 9.56. The molecular formula is C13H18N2O6S2. The zero-order valence-electron chi connectivity index (χ0n) is 12.7. The molecule has 10 heteroatoms. The standard InChI is InChI=1S/C13H18N2O6S2/c1-13(2,17)9-14-23(20,21)11-5-3-10(4-6-11)15-12(16)7-8-22(15,18)19/h3-6,14,17H,7-9H2,1-2H3. The molecule has 8 nitrogen and oxygen atoms in total. The van der Waals surface area contributed by atoms with Crippen LogP contribution in [0.3, 0.4) is 0 Å². The van der Waals surface area contributed by atoms with Gasteiger partial charge in [0.15, 0.2) is 0 Å². The van der Waals surface area contributed by atoms with Gasteiger partial charge >= 0.3 is 0 Å². The number of rotatable bonds is 5. The first-order valence-corrected chi connectivity index (χ1v) is 9.90. The van der Waals surface area contributed by atoms with Crippen LogP contribution in [0.15, 0.2) is 29.2 Å². The van der Waals surface area contributed by atoms with Crippen molar-refractivity contribution in [3.05, 3.63) is 24.3 Å². The minimum atomic E-state index is -3.84. The van der Waals surface area contributed by atoms with Gasteiger partial charge in [-0.15, -0.1) is 0 Å². The molecule has 0 bridgehead atoms. The molecule has 0 radical (unpaired) electrons. The maximum atomic E-state index is 12.1. The number of hydrogen-bond acceptors (Lipinski definition) is 6. The Kier molecular flexibility index (Phi) is 4.55. The highest BCUT2D eigenvalue weighted by molar-refractivity contribution is 7.94. The van der Waals surface area contributed by atoms with E-state index in [1.807, 2.05) is 0 Å². The lowest BCUT2D eigenvalue weighted by Gasteiger charge is -2.18. The zero-order valence-corrected chi connectivity index (χ0v) is 14.3. The van der Waals surface area contributed by atoms with E-state index in [1.165, 1.54) is 38.1 Å². The third-order valence-corrected chi connectivity index (χ3v) is 6.26. The highest BCUT2D eigenvalue weighted by Gasteiger charge is 2.36. The predicted octanol–water partition coefficient (Wildman–Crippen LogP) is -0.198. The molecule has 0 saturated carbocycles. The maximum Gasteiger partial charge on any atom is 0.242 e. The minimum Gasteiger partial charge on any atom is -0.389 e. The summed E-state index contributed by atoms with van der Waals surface area (Å²) in [5.74, 6) is -0.792. The lowest BCUT2D eigenvalue weighted by atomic mass is 10.1. The van der Waals surface area contributed by atoms with Crippen LogP contribution in [0.25, 0.3) is 0 Å². The van der Waals surface area contributed by atoms with Gasteiger partial charge in [0, 0.05) is 13.0 Å². The van der Waals surface area contributed by atoms with Crippen LogP contribution >= 0.6 is 0 Å². The van der Waals surface area contributed by atoms with Crippen molar-refractivity contribution in [3.8, 4) is 0 Å². The molecule has 2 N–H and O–H groups in total. The van der Waals surface area contributed by atoms with E-state index in [9.17, 15) is 26.7 Å². The van der Waals surface area contributed by atoms with Gasteiger partial charge in [-0.2, -0.15) is 0 Å². The fraction of sp³-hybridized carbons (Fsp3) is 0.462. The molecule has 1 aromatic carbocycles. The number of benzene rings is 1. The first kappa shape index (κ1) is 17.9. The van der Waals surface area contributed by atoms with E-state index in [-0.39, 0.29) is 29.3 Å².